The Kier molecular flexibility index (Phi) is 4.01. The Bertz CT molecular complexity index is 689. The minimum absolute atomic E-state index is 0.138. The summed E-state index contributed by atoms with van der Waals surface area (Å²) < 4.78 is 32.6. The Balaban J connectivity index is 1.85. The number of sulfonamides is 1. The van der Waals surface area contributed by atoms with Gasteiger partial charge in [-0.1, -0.05) is 18.2 Å². The van der Waals surface area contributed by atoms with E-state index in [0.29, 0.717) is 10.8 Å². The summed E-state index contributed by atoms with van der Waals surface area (Å²) in [6.07, 6.45) is 1.89. The van der Waals surface area contributed by atoms with Gasteiger partial charge in [0.05, 0.1) is 7.11 Å². The highest BCUT2D eigenvalue weighted by Gasteiger charge is 2.38. The summed E-state index contributed by atoms with van der Waals surface area (Å²) in [6, 6.07) is 11.1. The minimum atomic E-state index is -3.39. The van der Waals surface area contributed by atoms with E-state index in [0.717, 1.165) is 24.2 Å². The molecular formula is C15H17NO3S2. The fraction of sp³-hybridized carbons (Fsp3) is 0.333. The van der Waals surface area contributed by atoms with Crippen LogP contribution in [0.15, 0.2) is 46.0 Å². The molecule has 1 saturated carbocycles. The smallest absolute Gasteiger partial charge is 0.253 e. The normalized spacial score (nSPS) is 15.3. The molecule has 0 radical (unpaired) electrons. The first-order valence-electron chi connectivity index (χ1n) is 6.79. The maximum absolute atomic E-state index is 12.7. The molecular weight excluding hydrogens is 306 g/mol. The number of nitrogens with zero attached hydrogens (tertiary/aromatic N) is 1. The fourth-order valence-corrected chi connectivity index (χ4v) is 5.00. The number of hydrogen-bond donors (Lipinski definition) is 0. The third kappa shape index (κ3) is 3.12. The molecule has 1 fully saturated rings. The van der Waals surface area contributed by atoms with Gasteiger partial charge in [-0.15, -0.1) is 11.3 Å². The van der Waals surface area contributed by atoms with Crippen LogP contribution >= 0.6 is 11.3 Å². The summed E-state index contributed by atoms with van der Waals surface area (Å²) in [5, 5.41) is 1.80. The van der Waals surface area contributed by atoms with Crippen LogP contribution in [0.5, 0.6) is 5.75 Å². The number of benzene rings is 1. The third-order valence-electron chi connectivity index (χ3n) is 3.51. The van der Waals surface area contributed by atoms with Crippen molar-refractivity contribution in [2.45, 2.75) is 29.6 Å². The lowest BCUT2D eigenvalue weighted by Crippen LogP contribution is -2.32. The molecule has 0 saturated heterocycles. The van der Waals surface area contributed by atoms with Crippen molar-refractivity contribution in [1.29, 1.82) is 0 Å². The molecule has 4 nitrogen and oxygen atoms in total. The average Bonchev–Trinajstić information content (AvgIpc) is 3.16. The van der Waals surface area contributed by atoms with E-state index in [1.807, 2.05) is 24.3 Å². The molecule has 1 aromatic carbocycles. The van der Waals surface area contributed by atoms with Crippen LogP contribution in [-0.4, -0.2) is 25.9 Å². The van der Waals surface area contributed by atoms with E-state index in [-0.39, 0.29) is 6.04 Å². The van der Waals surface area contributed by atoms with E-state index >= 15 is 0 Å². The number of rotatable bonds is 6. The minimum Gasteiger partial charge on any atom is -0.497 e. The van der Waals surface area contributed by atoms with Crippen LogP contribution in [0.3, 0.4) is 0 Å². The Morgan fingerprint density at radius 1 is 1.24 bits per heavy atom. The standard InChI is InChI=1S/C15H17NO3S2/c1-19-14-8-4-12(5-9-14)11-16(13-6-7-13)21(17,18)15-3-2-10-20-15/h2-5,8-10,13H,6-7,11H2,1H3. The number of ether oxygens (including phenoxy) is 1. The summed E-state index contributed by atoms with van der Waals surface area (Å²) in [5.41, 5.74) is 0.975. The van der Waals surface area contributed by atoms with Gasteiger partial charge in [0, 0.05) is 12.6 Å². The summed E-state index contributed by atoms with van der Waals surface area (Å²) in [6.45, 7) is 0.412. The Morgan fingerprint density at radius 3 is 2.48 bits per heavy atom. The molecule has 0 atom stereocenters. The molecule has 1 aromatic heterocycles. The molecule has 1 aliphatic carbocycles. The second-order valence-corrected chi connectivity index (χ2v) is 8.13. The second-order valence-electron chi connectivity index (χ2n) is 5.06. The highest BCUT2D eigenvalue weighted by molar-refractivity contribution is 7.91. The van der Waals surface area contributed by atoms with E-state index in [1.165, 1.54) is 11.3 Å². The van der Waals surface area contributed by atoms with Crippen molar-refractivity contribution in [3.8, 4) is 5.75 Å². The lowest BCUT2D eigenvalue weighted by Gasteiger charge is -2.21. The van der Waals surface area contributed by atoms with Crippen LogP contribution in [0.25, 0.3) is 0 Å². The van der Waals surface area contributed by atoms with Crippen molar-refractivity contribution in [2.75, 3.05) is 7.11 Å². The molecule has 2 aromatic rings. The summed E-state index contributed by atoms with van der Waals surface area (Å²) in [4.78, 5) is 0. The first-order valence-corrected chi connectivity index (χ1v) is 9.11. The summed E-state index contributed by atoms with van der Waals surface area (Å²) in [5.74, 6) is 0.776. The van der Waals surface area contributed by atoms with Gasteiger partial charge in [-0.05, 0) is 42.0 Å². The molecule has 0 N–H and O–H groups in total. The molecule has 112 valence electrons. The molecule has 21 heavy (non-hydrogen) atoms. The van der Waals surface area contributed by atoms with E-state index < -0.39 is 10.0 Å². The lowest BCUT2D eigenvalue weighted by atomic mass is 10.2. The average molecular weight is 323 g/mol. The molecule has 0 amide bonds. The molecule has 0 unspecified atom stereocenters. The van der Waals surface area contributed by atoms with Crippen molar-refractivity contribution < 1.29 is 13.2 Å². The predicted octanol–water partition coefficient (Wildman–Crippen LogP) is 3.11. The highest BCUT2D eigenvalue weighted by Crippen LogP contribution is 2.34. The zero-order valence-corrected chi connectivity index (χ0v) is 13.4. The molecule has 3 rings (SSSR count). The fourth-order valence-electron chi connectivity index (χ4n) is 2.21. The zero-order chi connectivity index (χ0) is 14.9. The number of hydrogen-bond acceptors (Lipinski definition) is 4. The summed E-state index contributed by atoms with van der Waals surface area (Å²) >= 11 is 1.27. The summed E-state index contributed by atoms with van der Waals surface area (Å²) in [7, 11) is -1.77. The third-order valence-corrected chi connectivity index (χ3v) is 6.78. The van der Waals surface area contributed by atoms with E-state index in [1.54, 1.807) is 28.9 Å². The van der Waals surface area contributed by atoms with Crippen molar-refractivity contribution >= 4 is 21.4 Å². The van der Waals surface area contributed by atoms with Crippen LogP contribution in [0.2, 0.25) is 0 Å². The molecule has 6 heteroatoms. The molecule has 1 aliphatic rings. The van der Waals surface area contributed by atoms with Crippen LogP contribution in [-0.2, 0) is 16.6 Å². The monoisotopic (exact) mass is 323 g/mol. The van der Waals surface area contributed by atoms with Crippen LogP contribution in [0.4, 0.5) is 0 Å². The highest BCUT2D eigenvalue weighted by atomic mass is 32.2. The van der Waals surface area contributed by atoms with E-state index in [2.05, 4.69) is 0 Å². The molecule has 1 heterocycles. The molecule has 0 aliphatic heterocycles. The van der Waals surface area contributed by atoms with Crippen molar-refractivity contribution in [3.63, 3.8) is 0 Å². The van der Waals surface area contributed by atoms with Crippen molar-refractivity contribution in [2.24, 2.45) is 0 Å². The van der Waals surface area contributed by atoms with E-state index in [9.17, 15) is 8.42 Å². The van der Waals surface area contributed by atoms with Crippen LogP contribution in [0, 0.1) is 0 Å². The Labute approximate surface area is 129 Å². The van der Waals surface area contributed by atoms with Gasteiger partial charge in [-0.3, -0.25) is 0 Å². The van der Waals surface area contributed by atoms with Crippen LogP contribution < -0.4 is 4.74 Å². The first kappa shape index (κ1) is 14.6. The van der Waals surface area contributed by atoms with E-state index in [4.69, 9.17) is 4.74 Å². The maximum atomic E-state index is 12.7. The SMILES string of the molecule is COc1ccc(CN(C2CC2)S(=O)(=O)c2cccs2)cc1. The predicted molar refractivity (Wildman–Crippen MR) is 83.1 cm³/mol. The molecule has 0 spiro atoms. The second kappa shape index (κ2) is 5.79. The maximum Gasteiger partial charge on any atom is 0.253 e. The Morgan fingerprint density at radius 2 is 1.95 bits per heavy atom. The van der Waals surface area contributed by atoms with Gasteiger partial charge < -0.3 is 4.74 Å². The number of methoxy groups -OCH3 is 1. The van der Waals surface area contributed by atoms with Crippen molar-refractivity contribution in [3.05, 3.63) is 47.3 Å². The lowest BCUT2D eigenvalue weighted by molar-refractivity contribution is 0.398. The topological polar surface area (TPSA) is 46.6 Å². The van der Waals surface area contributed by atoms with Crippen LogP contribution in [0.1, 0.15) is 18.4 Å². The largest absolute Gasteiger partial charge is 0.497 e. The van der Waals surface area contributed by atoms with Gasteiger partial charge in [0.2, 0.25) is 0 Å². The van der Waals surface area contributed by atoms with Crippen molar-refractivity contribution in [1.82, 2.24) is 4.31 Å². The van der Waals surface area contributed by atoms with Gasteiger partial charge >= 0.3 is 0 Å². The quantitative estimate of drug-likeness (QED) is 0.820. The first-order chi connectivity index (χ1) is 10.1. The van der Waals surface area contributed by atoms with Gasteiger partial charge in [0.15, 0.2) is 0 Å². The van der Waals surface area contributed by atoms with Gasteiger partial charge in [0.25, 0.3) is 10.0 Å². The Hall–Kier alpha value is -1.37. The van der Waals surface area contributed by atoms with Gasteiger partial charge in [0.1, 0.15) is 9.96 Å². The zero-order valence-electron chi connectivity index (χ0n) is 11.7. The van der Waals surface area contributed by atoms with Gasteiger partial charge in [-0.2, -0.15) is 4.31 Å². The number of thiophene rings is 1. The van der Waals surface area contributed by atoms with Gasteiger partial charge in [-0.25, -0.2) is 8.42 Å². The molecule has 0 bridgehead atoms.